The molecule has 1 heterocycles. The predicted molar refractivity (Wildman–Crippen MR) is 73.1 cm³/mol. The number of nitrogen functional groups attached to an aromatic ring is 1. The number of rotatable bonds is 3. The van der Waals surface area contributed by atoms with Gasteiger partial charge >= 0.3 is 0 Å². The third kappa shape index (κ3) is 2.34. The largest absolute Gasteiger partial charge is 0.398 e. The number of anilines is 2. The summed E-state index contributed by atoms with van der Waals surface area (Å²) in [7, 11) is 2.03. The van der Waals surface area contributed by atoms with Gasteiger partial charge in [0.25, 0.3) is 0 Å². The van der Waals surface area contributed by atoms with Gasteiger partial charge in [0.1, 0.15) is 0 Å². The van der Waals surface area contributed by atoms with Gasteiger partial charge in [-0.15, -0.1) is 0 Å². The number of carbonyl (C=O) groups excluding carboxylic acids is 1. The number of carbonyl (C=O) groups is 1. The Kier molecular flexibility index (Phi) is 3.57. The van der Waals surface area contributed by atoms with E-state index in [4.69, 9.17) is 10.5 Å². The van der Waals surface area contributed by atoms with Crippen molar-refractivity contribution in [2.75, 3.05) is 24.3 Å². The highest BCUT2D eigenvalue weighted by Gasteiger charge is 2.28. The van der Waals surface area contributed by atoms with E-state index in [-0.39, 0.29) is 11.9 Å². The Morgan fingerprint density at radius 2 is 2.22 bits per heavy atom. The van der Waals surface area contributed by atoms with E-state index < -0.39 is 0 Å². The van der Waals surface area contributed by atoms with Crippen LogP contribution in [0.1, 0.15) is 30.6 Å². The first-order valence-corrected chi connectivity index (χ1v) is 6.25. The molecule has 0 radical (unpaired) electrons. The van der Waals surface area contributed by atoms with Gasteiger partial charge in [0, 0.05) is 30.6 Å². The van der Waals surface area contributed by atoms with Crippen molar-refractivity contribution in [2.45, 2.75) is 32.4 Å². The number of ether oxygens (including phenoxy) is 1. The molecule has 1 aliphatic rings. The molecule has 2 N–H and O–H groups in total. The average molecular weight is 248 g/mol. The average Bonchev–Trinajstić information content (AvgIpc) is 2.75. The summed E-state index contributed by atoms with van der Waals surface area (Å²) in [6.07, 6.45) is 1.23. The van der Waals surface area contributed by atoms with E-state index in [1.54, 1.807) is 6.07 Å². The minimum atomic E-state index is -0.00142. The van der Waals surface area contributed by atoms with Crippen molar-refractivity contribution in [3.63, 3.8) is 0 Å². The number of nitrogens with two attached hydrogens (primary N) is 1. The summed E-state index contributed by atoms with van der Waals surface area (Å²) < 4.78 is 5.58. The van der Waals surface area contributed by atoms with Crippen LogP contribution in [0.25, 0.3) is 0 Å². The molecule has 4 nitrogen and oxygen atoms in total. The Balaban J connectivity index is 2.28. The fraction of sp³-hybridized carbons (Fsp3) is 0.500. The fourth-order valence-electron chi connectivity index (χ4n) is 2.49. The second-order valence-corrected chi connectivity index (χ2v) is 4.87. The van der Waals surface area contributed by atoms with Crippen molar-refractivity contribution in [1.82, 2.24) is 0 Å². The minimum Gasteiger partial charge on any atom is -0.398 e. The lowest BCUT2D eigenvalue weighted by Crippen LogP contribution is -2.36. The first-order valence-electron chi connectivity index (χ1n) is 6.25. The standard InChI is InChI=1S/C14H20N2O2/c1-9(17)12-8-11(4-5-13(12)15)16(3)14-6-7-18-10(14)2/h4-5,8,10,14H,6-7,15H2,1-3H3. The van der Waals surface area contributed by atoms with E-state index >= 15 is 0 Å². The number of hydrogen-bond acceptors (Lipinski definition) is 4. The molecule has 0 saturated carbocycles. The first-order chi connectivity index (χ1) is 8.50. The molecule has 2 atom stereocenters. The van der Waals surface area contributed by atoms with Crippen LogP contribution >= 0.6 is 0 Å². The van der Waals surface area contributed by atoms with Crippen LogP contribution in [0.2, 0.25) is 0 Å². The van der Waals surface area contributed by atoms with Crippen molar-refractivity contribution >= 4 is 17.2 Å². The van der Waals surface area contributed by atoms with Crippen molar-refractivity contribution in [1.29, 1.82) is 0 Å². The van der Waals surface area contributed by atoms with E-state index in [0.29, 0.717) is 17.3 Å². The zero-order valence-corrected chi connectivity index (χ0v) is 11.1. The molecule has 1 aromatic carbocycles. The zero-order chi connectivity index (χ0) is 13.3. The van der Waals surface area contributed by atoms with Gasteiger partial charge in [0.15, 0.2) is 5.78 Å². The van der Waals surface area contributed by atoms with Crippen LogP contribution < -0.4 is 10.6 Å². The molecule has 1 saturated heterocycles. The van der Waals surface area contributed by atoms with E-state index in [0.717, 1.165) is 18.7 Å². The van der Waals surface area contributed by atoms with E-state index in [9.17, 15) is 4.79 Å². The van der Waals surface area contributed by atoms with Crippen LogP contribution in [0, 0.1) is 0 Å². The summed E-state index contributed by atoms with van der Waals surface area (Å²) in [6.45, 7) is 4.42. The second kappa shape index (κ2) is 4.98. The van der Waals surface area contributed by atoms with Crippen LogP contribution in [0.15, 0.2) is 18.2 Å². The monoisotopic (exact) mass is 248 g/mol. The van der Waals surface area contributed by atoms with Crippen molar-refractivity contribution in [3.8, 4) is 0 Å². The molecule has 2 unspecified atom stereocenters. The van der Waals surface area contributed by atoms with Crippen LogP contribution in [-0.4, -0.2) is 31.6 Å². The molecule has 0 aromatic heterocycles. The quantitative estimate of drug-likeness (QED) is 0.657. The Hall–Kier alpha value is -1.55. The predicted octanol–water partition coefficient (Wildman–Crippen LogP) is 2.08. The molecular weight excluding hydrogens is 228 g/mol. The minimum absolute atomic E-state index is 0.00142. The highest BCUT2D eigenvalue weighted by atomic mass is 16.5. The molecule has 2 rings (SSSR count). The van der Waals surface area contributed by atoms with E-state index in [1.807, 2.05) is 19.2 Å². The molecule has 0 bridgehead atoms. The van der Waals surface area contributed by atoms with Gasteiger partial charge in [0.05, 0.1) is 12.1 Å². The summed E-state index contributed by atoms with van der Waals surface area (Å²) in [6, 6.07) is 5.96. The van der Waals surface area contributed by atoms with Gasteiger partial charge in [-0.3, -0.25) is 4.79 Å². The normalized spacial score (nSPS) is 23.1. The van der Waals surface area contributed by atoms with Crippen molar-refractivity contribution in [3.05, 3.63) is 23.8 Å². The topological polar surface area (TPSA) is 55.6 Å². The maximum atomic E-state index is 11.5. The lowest BCUT2D eigenvalue weighted by Gasteiger charge is -2.29. The fourth-order valence-corrected chi connectivity index (χ4v) is 2.49. The van der Waals surface area contributed by atoms with Crippen LogP contribution in [-0.2, 0) is 4.74 Å². The van der Waals surface area contributed by atoms with Gasteiger partial charge in [-0.2, -0.15) is 0 Å². The molecule has 1 aromatic rings. The number of Topliss-reactive ketones (excluding diaryl/α,β-unsaturated/α-hetero) is 1. The molecule has 0 amide bonds. The smallest absolute Gasteiger partial charge is 0.161 e. The lowest BCUT2D eigenvalue weighted by atomic mass is 10.1. The number of hydrogen-bond donors (Lipinski definition) is 1. The maximum absolute atomic E-state index is 11.5. The van der Waals surface area contributed by atoms with Gasteiger partial charge in [-0.25, -0.2) is 0 Å². The highest BCUT2D eigenvalue weighted by Crippen LogP contribution is 2.27. The molecule has 0 spiro atoms. The van der Waals surface area contributed by atoms with Crippen molar-refractivity contribution < 1.29 is 9.53 Å². The van der Waals surface area contributed by atoms with Crippen LogP contribution in [0.5, 0.6) is 0 Å². The molecule has 1 fully saturated rings. The third-order valence-corrected chi connectivity index (χ3v) is 3.66. The van der Waals surface area contributed by atoms with Gasteiger partial charge in [-0.1, -0.05) is 0 Å². The van der Waals surface area contributed by atoms with Gasteiger partial charge < -0.3 is 15.4 Å². The summed E-state index contributed by atoms with van der Waals surface area (Å²) in [5.74, 6) is -0.00142. The number of benzene rings is 1. The third-order valence-electron chi connectivity index (χ3n) is 3.66. The van der Waals surface area contributed by atoms with Gasteiger partial charge in [-0.05, 0) is 38.5 Å². The van der Waals surface area contributed by atoms with Crippen LogP contribution in [0.3, 0.4) is 0 Å². The van der Waals surface area contributed by atoms with Crippen molar-refractivity contribution in [2.24, 2.45) is 0 Å². The second-order valence-electron chi connectivity index (χ2n) is 4.87. The Bertz CT molecular complexity index is 459. The Morgan fingerprint density at radius 3 is 2.78 bits per heavy atom. The van der Waals surface area contributed by atoms with Gasteiger partial charge in [0.2, 0.25) is 0 Å². The molecule has 0 aliphatic carbocycles. The molecular formula is C14H20N2O2. The molecule has 98 valence electrons. The molecule has 1 aliphatic heterocycles. The first kappa shape index (κ1) is 12.9. The zero-order valence-electron chi connectivity index (χ0n) is 11.1. The maximum Gasteiger partial charge on any atom is 0.161 e. The summed E-state index contributed by atoms with van der Waals surface area (Å²) >= 11 is 0. The molecule has 4 heteroatoms. The van der Waals surface area contributed by atoms with Crippen LogP contribution in [0.4, 0.5) is 11.4 Å². The Morgan fingerprint density at radius 1 is 1.50 bits per heavy atom. The van der Waals surface area contributed by atoms with E-state index in [1.165, 1.54) is 6.92 Å². The summed E-state index contributed by atoms with van der Waals surface area (Å²) in [5.41, 5.74) is 7.94. The molecule has 18 heavy (non-hydrogen) atoms. The summed E-state index contributed by atoms with van der Waals surface area (Å²) in [5, 5.41) is 0. The highest BCUT2D eigenvalue weighted by molar-refractivity contribution is 6.00. The SMILES string of the molecule is CC(=O)c1cc(N(C)C2CCOC2C)ccc1N. The summed E-state index contributed by atoms with van der Waals surface area (Å²) in [4.78, 5) is 13.7. The number of likely N-dealkylation sites (N-methyl/N-ethyl adjacent to an activating group) is 1. The lowest BCUT2D eigenvalue weighted by molar-refractivity contribution is 0.101. The number of nitrogens with zero attached hydrogens (tertiary/aromatic N) is 1. The number of ketones is 1. The Labute approximate surface area is 108 Å². The van der Waals surface area contributed by atoms with E-state index in [2.05, 4.69) is 11.8 Å².